The standard InChI is InChI=1S/C21H24N2O2/c1-15-7-9-17(10-8-15)20(24)22-19-6-4-3-5-18(19)21(25)23-13-11-16(2)12-14-23/h3-10,16H,11-14H2,1-2H3,(H,22,24). The summed E-state index contributed by atoms with van der Waals surface area (Å²) in [5, 5.41) is 2.89. The third-order valence-electron chi connectivity index (χ3n) is 4.79. The molecule has 0 unspecified atom stereocenters. The second-order valence-corrected chi connectivity index (χ2v) is 6.84. The lowest BCUT2D eigenvalue weighted by atomic mass is 9.98. The molecule has 4 nitrogen and oxygen atoms in total. The Bertz CT molecular complexity index is 760. The second kappa shape index (κ2) is 7.51. The summed E-state index contributed by atoms with van der Waals surface area (Å²) in [7, 11) is 0. The van der Waals surface area contributed by atoms with Crippen LogP contribution in [-0.4, -0.2) is 29.8 Å². The molecule has 1 aliphatic heterocycles. The Morgan fingerprint density at radius 2 is 1.64 bits per heavy atom. The Morgan fingerprint density at radius 3 is 2.32 bits per heavy atom. The summed E-state index contributed by atoms with van der Waals surface area (Å²) in [5.74, 6) is 0.458. The van der Waals surface area contributed by atoms with Crippen LogP contribution in [0.1, 0.15) is 46.0 Å². The van der Waals surface area contributed by atoms with Crippen LogP contribution in [-0.2, 0) is 0 Å². The predicted molar refractivity (Wildman–Crippen MR) is 99.9 cm³/mol. The maximum Gasteiger partial charge on any atom is 0.255 e. The van der Waals surface area contributed by atoms with Crippen molar-refractivity contribution in [2.24, 2.45) is 5.92 Å². The molecule has 0 radical (unpaired) electrons. The van der Waals surface area contributed by atoms with Crippen LogP contribution in [0.25, 0.3) is 0 Å². The summed E-state index contributed by atoms with van der Waals surface area (Å²) in [6.45, 7) is 5.76. The van der Waals surface area contributed by atoms with Crippen molar-refractivity contribution >= 4 is 17.5 Å². The fourth-order valence-corrected chi connectivity index (χ4v) is 3.06. The van der Waals surface area contributed by atoms with Gasteiger partial charge in [-0.05, 0) is 49.9 Å². The van der Waals surface area contributed by atoms with E-state index in [1.54, 1.807) is 24.3 Å². The van der Waals surface area contributed by atoms with Crippen LogP contribution in [0.4, 0.5) is 5.69 Å². The number of nitrogens with one attached hydrogen (secondary N) is 1. The first kappa shape index (κ1) is 17.2. The number of likely N-dealkylation sites (tertiary alicyclic amines) is 1. The minimum Gasteiger partial charge on any atom is -0.339 e. The highest BCUT2D eigenvalue weighted by atomic mass is 16.2. The minimum atomic E-state index is -0.201. The van der Waals surface area contributed by atoms with E-state index in [1.165, 1.54) is 0 Å². The number of hydrogen-bond acceptors (Lipinski definition) is 2. The monoisotopic (exact) mass is 336 g/mol. The molecule has 1 aliphatic rings. The zero-order valence-electron chi connectivity index (χ0n) is 14.8. The van der Waals surface area contributed by atoms with Crippen LogP contribution in [0.2, 0.25) is 0 Å². The summed E-state index contributed by atoms with van der Waals surface area (Å²) in [5.41, 5.74) is 2.81. The molecule has 0 saturated carbocycles. The summed E-state index contributed by atoms with van der Waals surface area (Å²) in [6.07, 6.45) is 2.06. The van der Waals surface area contributed by atoms with Gasteiger partial charge in [0.15, 0.2) is 0 Å². The molecule has 2 amide bonds. The average molecular weight is 336 g/mol. The minimum absolute atomic E-state index is 0.00768. The smallest absolute Gasteiger partial charge is 0.255 e. The van der Waals surface area contributed by atoms with Crippen LogP contribution >= 0.6 is 0 Å². The van der Waals surface area contributed by atoms with Gasteiger partial charge in [0.2, 0.25) is 0 Å². The summed E-state index contributed by atoms with van der Waals surface area (Å²) in [6, 6.07) is 14.6. The van der Waals surface area contributed by atoms with E-state index < -0.39 is 0 Å². The molecular formula is C21H24N2O2. The number of benzene rings is 2. The lowest BCUT2D eigenvalue weighted by Gasteiger charge is -2.30. The fraction of sp³-hybridized carbons (Fsp3) is 0.333. The quantitative estimate of drug-likeness (QED) is 0.916. The van der Waals surface area contributed by atoms with Gasteiger partial charge in [-0.15, -0.1) is 0 Å². The number of para-hydroxylation sites is 1. The van der Waals surface area contributed by atoms with Crippen molar-refractivity contribution in [2.75, 3.05) is 18.4 Å². The van der Waals surface area contributed by atoms with Gasteiger partial charge in [-0.3, -0.25) is 9.59 Å². The summed E-state index contributed by atoms with van der Waals surface area (Å²) >= 11 is 0. The van der Waals surface area contributed by atoms with Crippen LogP contribution < -0.4 is 5.32 Å². The van der Waals surface area contributed by atoms with Gasteiger partial charge in [-0.25, -0.2) is 0 Å². The molecule has 1 fully saturated rings. The number of carbonyl (C=O) groups excluding carboxylic acids is 2. The molecular weight excluding hydrogens is 312 g/mol. The molecule has 0 bridgehead atoms. The average Bonchev–Trinajstić information content (AvgIpc) is 2.63. The van der Waals surface area contributed by atoms with E-state index in [4.69, 9.17) is 0 Å². The van der Waals surface area contributed by atoms with Crippen molar-refractivity contribution in [2.45, 2.75) is 26.7 Å². The number of nitrogens with zero attached hydrogens (tertiary/aromatic N) is 1. The van der Waals surface area contributed by atoms with Gasteiger partial charge in [0.05, 0.1) is 11.3 Å². The number of piperidine rings is 1. The van der Waals surface area contributed by atoms with Crippen LogP contribution in [0.5, 0.6) is 0 Å². The van der Waals surface area contributed by atoms with Crippen molar-refractivity contribution in [3.05, 3.63) is 65.2 Å². The van der Waals surface area contributed by atoms with E-state index in [0.717, 1.165) is 31.5 Å². The number of carbonyl (C=O) groups is 2. The van der Waals surface area contributed by atoms with E-state index in [-0.39, 0.29) is 11.8 Å². The molecule has 0 spiro atoms. The molecule has 1 saturated heterocycles. The maximum absolute atomic E-state index is 12.9. The Balaban J connectivity index is 1.77. The topological polar surface area (TPSA) is 49.4 Å². The van der Waals surface area contributed by atoms with Crippen molar-refractivity contribution in [1.82, 2.24) is 4.90 Å². The van der Waals surface area contributed by atoms with E-state index in [1.807, 2.05) is 36.1 Å². The van der Waals surface area contributed by atoms with Gasteiger partial charge < -0.3 is 10.2 Å². The van der Waals surface area contributed by atoms with Gasteiger partial charge in [0.25, 0.3) is 11.8 Å². The molecule has 0 aromatic heterocycles. The normalized spacial score (nSPS) is 15.0. The highest BCUT2D eigenvalue weighted by Crippen LogP contribution is 2.22. The molecule has 0 aliphatic carbocycles. The van der Waals surface area contributed by atoms with Gasteiger partial charge in [0.1, 0.15) is 0 Å². The molecule has 2 aromatic rings. The number of anilines is 1. The van der Waals surface area contributed by atoms with E-state index >= 15 is 0 Å². The first-order valence-electron chi connectivity index (χ1n) is 8.81. The molecule has 0 atom stereocenters. The van der Waals surface area contributed by atoms with Crippen molar-refractivity contribution in [3.8, 4) is 0 Å². The third kappa shape index (κ3) is 4.08. The van der Waals surface area contributed by atoms with Crippen molar-refractivity contribution in [1.29, 1.82) is 0 Å². The largest absolute Gasteiger partial charge is 0.339 e. The van der Waals surface area contributed by atoms with E-state index in [2.05, 4.69) is 12.2 Å². The van der Waals surface area contributed by atoms with Crippen LogP contribution in [0.15, 0.2) is 48.5 Å². The van der Waals surface area contributed by atoms with Crippen LogP contribution in [0, 0.1) is 12.8 Å². The van der Waals surface area contributed by atoms with Gasteiger partial charge in [-0.2, -0.15) is 0 Å². The highest BCUT2D eigenvalue weighted by molar-refractivity contribution is 6.09. The zero-order chi connectivity index (χ0) is 17.8. The lowest BCUT2D eigenvalue weighted by molar-refractivity contribution is 0.0698. The lowest BCUT2D eigenvalue weighted by Crippen LogP contribution is -2.38. The first-order valence-corrected chi connectivity index (χ1v) is 8.81. The number of aryl methyl sites for hydroxylation is 1. The Hall–Kier alpha value is -2.62. The van der Waals surface area contributed by atoms with Gasteiger partial charge in [0, 0.05) is 18.7 Å². The number of amides is 2. The Morgan fingerprint density at radius 1 is 1.00 bits per heavy atom. The molecule has 3 rings (SSSR count). The SMILES string of the molecule is Cc1ccc(C(=O)Nc2ccccc2C(=O)N2CCC(C)CC2)cc1. The Kier molecular flexibility index (Phi) is 5.17. The van der Waals surface area contributed by atoms with Crippen molar-refractivity contribution in [3.63, 3.8) is 0 Å². The Labute approximate surface area is 148 Å². The summed E-state index contributed by atoms with van der Waals surface area (Å²) in [4.78, 5) is 27.2. The number of hydrogen-bond donors (Lipinski definition) is 1. The predicted octanol–water partition coefficient (Wildman–Crippen LogP) is 4.12. The van der Waals surface area contributed by atoms with Crippen LogP contribution in [0.3, 0.4) is 0 Å². The molecule has 1 N–H and O–H groups in total. The second-order valence-electron chi connectivity index (χ2n) is 6.84. The van der Waals surface area contributed by atoms with E-state index in [9.17, 15) is 9.59 Å². The van der Waals surface area contributed by atoms with Gasteiger partial charge in [-0.1, -0.05) is 36.8 Å². The molecule has 4 heteroatoms. The molecule has 25 heavy (non-hydrogen) atoms. The molecule has 2 aromatic carbocycles. The fourth-order valence-electron chi connectivity index (χ4n) is 3.06. The van der Waals surface area contributed by atoms with E-state index in [0.29, 0.717) is 22.7 Å². The summed E-state index contributed by atoms with van der Waals surface area (Å²) < 4.78 is 0. The van der Waals surface area contributed by atoms with Crippen molar-refractivity contribution < 1.29 is 9.59 Å². The molecule has 130 valence electrons. The zero-order valence-corrected chi connectivity index (χ0v) is 14.8. The molecule has 1 heterocycles. The maximum atomic E-state index is 12.9. The number of rotatable bonds is 3. The first-order chi connectivity index (χ1) is 12.0. The third-order valence-corrected chi connectivity index (χ3v) is 4.79. The van der Waals surface area contributed by atoms with Gasteiger partial charge >= 0.3 is 0 Å². The highest BCUT2D eigenvalue weighted by Gasteiger charge is 2.23.